The Labute approximate surface area is 177 Å². The molecule has 1 atom stereocenters. The SMILES string of the molecule is CC(C)C[C@](C)(CNC(=O)OC(C)(C)C)NS(=O)(=O)/C=C/c1ccc(Br)cc1. The molecule has 0 aliphatic rings. The van der Waals surface area contributed by atoms with Crippen LogP contribution in [0.4, 0.5) is 4.79 Å². The van der Waals surface area contributed by atoms with Crippen molar-refractivity contribution in [2.45, 2.75) is 59.1 Å². The molecule has 0 bridgehead atoms. The highest BCUT2D eigenvalue weighted by Gasteiger charge is 2.31. The first-order valence-corrected chi connectivity index (χ1v) is 11.5. The molecular formula is C20H31BrN2O4S. The van der Waals surface area contributed by atoms with Crippen LogP contribution in [0.1, 0.15) is 53.5 Å². The van der Waals surface area contributed by atoms with Crippen LogP contribution in [-0.2, 0) is 14.8 Å². The summed E-state index contributed by atoms with van der Waals surface area (Å²) < 4.78 is 34.0. The molecule has 1 amide bonds. The van der Waals surface area contributed by atoms with Gasteiger partial charge >= 0.3 is 6.09 Å². The second-order valence-electron chi connectivity index (χ2n) is 8.52. The molecule has 158 valence electrons. The van der Waals surface area contributed by atoms with Gasteiger partial charge in [-0.1, -0.05) is 41.9 Å². The van der Waals surface area contributed by atoms with Crippen LogP contribution in [0.15, 0.2) is 34.1 Å². The molecule has 0 unspecified atom stereocenters. The maximum absolute atomic E-state index is 12.6. The van der Waals surface area contributed by atoms with Crippen molar-refractivity contribution in [1.29, 1.82) is 0 Å². The Morgan fingerprint density at radius 3 is 2.25 bits per heavy atom. The first-order valence-electron chi connectivity index (χ1n) is 9.14. The summed E-state index contributed by atoms with van der Waals surface area (Å²) >= 11 is 3.35. The van der Waals surface area contributed by atoms with E-state index in [1.54, 1.807) is 27.7 Å². The lowest BCUT2D eigenvalue weighted by Gasteiger charge is -2.32. The second-order valence-corrected chi connectivity index (χ2v) is 11.0. The summed E-state index contributed by atoms with van der Waals surface area (Å²) in [4.78, 5) is 12.0. The predicted molar refractivity (Wildman–Crippen MR) is 117 cm³/mol. The van der Waals surface area contributed by atoms with Gasteiger partial charge in [-0.3, -0.25) is 0 Å². The molecule has 0 aliphatic carbocycles. The molecule has 0 heterocycles. The number of alkyl carbamates (subject to hydrolysis) is 1. The minimum atomic E-state index is -3.71. The van der Waals surface area contributed by atoms with Crippen molar-refractivity contribution in [1.82, 2.24) is 10.0 Å². The summed E-state index contributed by atoms with van der Waals surface area (Å²) in [6, 6.07) is 7.31. The van der Waals surface area contributed by atoms with Crippen LogP contribution in [0.2, 0.25) is 0 Å². The minimum absolute atomic E-state index is 0.117. The summed E-state index contributed by atoms with van der Waals surface area (Å²) in [5, 5.41) is 3.81. The van der Waals surface area contributed by atoms with Gasteiger partial charge in [-0.15, -0.1) is 0 Å². The Morgan fingerprint density at radius 2 is 1.75 bits per heavy atom. The second kappa shape index (κ2) is 9.89. The van der Waals surface area contributed by atoms with E-state index in [2.05, 4.69) is 26.0 Å². The van der Waals surface area contributed by atoms with Crippen molar-refractivity contribution in [2.24, 2.45) is 5.92 Å². The summed E-state index contributed by atoms with van der Waals surface area (Å²) in [5.41, 5.74) is -0.703. The van der Waals surface area contributed by atoms with E-state index >= 15 is 0 Å². The summed E-state index contributed by atoms with van der Waals surface area (Å²) in [7, 11) is -3.71. The first-order chi connectivity index (χ1) is 12.7. The molecule has 0 radical (unpaired) electrons. The Kier molecular flexibility index (Phi) is 8.71. The van der Waals surface area contributed by atoms with Gasteiger partial charge in [0, 0.05) is 22.0 Å². The Bertz CT molecular complexity index is 783. The maximum Gasteiger partial charge on any atom is 0.407 e. The van der Waals surface area contributed by atoms with Crippen LogP contribution < -0.4 is 10.0 Å². The van der Waals surface area contributed by atoms with E-state index in [4.69, 9.17) is 4.74 Å². The van der Waals surface area contributed by atoms with Crippen LogP contribution in [-0.4, -0.2) is 32.2 Å². The Balaban J connectivity index is 2.87. The van der Waals surface area contributed by atoms with Crippen LogP contribution in [0.5, 0.6) is 0 Å². The first kappa shape index (κ1) is 24.7. The maximum atomic E-state index is 12.6. The van der Waals surface area contributed by atoms with Gasteiger partial charge in [0.05, 0.1) is 0 Å². The number of amides is 1. The fourth-order valence-corrected chi connectivity index (χ4v) is 4.26. The molecule has 8 heteroatoms. The molecule has 1 aromatic rings. The predicted octanol–water partition coefficient (Wildman–Crippen LogP) is 4.67. The zero-order valence-electron chi connectivity index (χ0n) is 17.4. The fraction of sp³-hybridized carbons (Fsp3) is 0.550. The number of sulfonamides is 1. The van der Waals surface area contributed by atoms with Crippen molar-refractivity contribution >= 4 is 38.1 Å². The average molecular weight is 475 g/mol. The zero-order chi connectivity index (χ0) is 21.6. The van der Waals surface area contributed by atoms with Gasteiger partial charge in [-0.25, -0.2) is 17.9 Å². The Hall–Kier alpha value is -1.38. The molecule has 0 fully saturated rings. The van der Waals surface area contributed by atoms with Gasteiger partial charge in [-0.2, -0.15) is 0 Å². The number of halogens is 1. The highest BCUT2D eigenvalue weighted by molar-refractivity contribution is 9.10. The number of hydrogen-bond donors (Lipinski definition) is 2. The van der Waals surface area contributed by atoms with Crippen molar-refractivity contribution in [3.05, 3.63) is 39.7 Å². The molecule has 28 heavy (non-hydrogen) atoms. The van der Waals surface area contributed by atoms with Crippen LogP contribution in [0, 0.1) is 5.92 Å². The van der Waals surface area contributed by atoms with E-state index in [0.29, 0.717) is 6.42 Å². The molecule has 0 saturated carbocycles. The molecule has 0 aliphatic heterocycles. The number of benzene rings is 1. The largest absolute Gasteiger partial charge is 0.444 e. The van der Waals surface area contributed by atoms with Crippen LogP contribution >= 0.6 is 15.9 Å². The number of nitrogens with one attached hydrogen (secondary N) is 2. The molecule has 0 spiro atoms. The lowest BCUT2D eigenvalue weighted by molar-refractivity contribution is 0.0511. The number of ether oxygens (including phenoxy) is 1. The third-order valence-corrected chi connectivity index (χ3v) is 5.38. The van der Waals surface area contributed by atoms with E-state index < -0.39 is 27.3 Å². The third kappa shape index (κ3) is 10.2. The molecule has 2 N–H and O–H groups in total. The Morgan fingerprint density at radius 1 is 1.18 bits per heavy atom. The molecular weight excluding hydrogens is 444 g/mol. The van der Waals surface area contributed by atoms with Gasteiger partial charge in [0.1, 0.15) is 5.60 Å². The van der Waals surface area contributed by atoms with Crippen molar-refractivity contribution in [2.75, 3.05) is 6.54 Å². The normalized spacial score (nSPS) is 14.9. The topological polar surface area (TPSA) is 84.5 Å². The standard InChI is InChI=1S/C20H31BrN2O4S/c1-15(2)13-20(6,14-22-18(24)27-19(3,4)5)23-28(25,26)12-11-16-7-9-17(21)10-8-16/h7-12,15,23H,13-14H2,1-6H3,(H,22,24)/b12-11+/t20-/m1/s1. The van der Waals surface area contributed by atoms with E-state index in [-0.39, 0.29) is 12.5 Å². The number of rotatable bonds is 8. The van der Waals surface area contributed by atoms with E-state index in [0.717, 1.165) is 15.4 Å². The molecule has 1 aromatic carbocycles. The fourth-order valence-electron chi connectivity index (χ4n) is 2.75. The van der Waals surface area contributed by atoms with E-state index in [9.17, 15) is 13.2 Å². The van der Waals surface area contributed by atoms with Gasteiger partial charge in [0.25, 0.3) is 0 Å². The number of hydrogen-bond acceptors (Lipinski definition) is 4. The van der Waals surface area contributed by atoms with Gasteiger partial charge in [-0.05, 0) is 63.8 Å². The monoisotopic (exact) mass is 474 g/mol. The summed E-state index contributed by atoms with van der Waals surface area (Å²) in [6.07, 6.45) is 1.51. The summed E-state index contributed by atoms with van der Waals surface area (Å²) in [6.45, 7) is 11.2. The number of carbonyl (C=O) groups is 1. The van der Waals surface area contributed by atoms with Gasteiger partial charge in [0.15, 0.2) is 0 Å². The summed E-state index contributed by atoms with van der Waals surface area (Å²) in [5.74, 6) is 0.226. The average Bonchev–Trinajstić information content (AvgIpc) is 2.50. The van der Waals surface area contributed by atoms with Gasteiger partial charge < -0.3 is 10.1 Å². The third-order valence-electron chi connectivity index (χ3n) is 3.58. The van der Waals surface area contributed by atoms with E-state index in [1.807, 2.05) is 38.1 Å². The lowest BCUT2D eigenvalue weighted by Crippen LogP contribution is -2.54. The van der Waals surface area contributed by atoms with Crippen LogP contribution in [0.25, 0.3) is 6.08 Å². The lowest BCUT2D eigenvalue weighted by atomic mass is 9.92. The quantitative estimate of drug-likeness (QED) is 0.573. The van der Waals surface area contributed by atoms with Crippen molar-refractivity contribution in [3.63, 3.8) is 0 Å². The molecule has 0 aromatic heterocycles. The molecule has 0 saturated heterocycles. The van der Waals surface area contributed by atoms with Crippen molar-refractivity contribution in [3.8, 4) is 0 Å². The van der Waals surface area contributed by atoms with E-state index in [1.165, 1.54) is 6.08 Å². The van der Waals surface area contributed by atoms with Gasteiger partial charge in [0.2, 0.25) is 10.0 Å². The van der Waals surface area contributed by atoms with Crippen LogP contribution in [0.3, 0.4) is 0 Å². The van der Waals surface area contributed by atoms with Crippen molar-refractivity contribution < 1.29 is 17.9 Å². The molecule has 6 nitrogen and oxygen atoms in total. The number of carbonyl (C=O) groups excluding carboxylic acids is 1. The zero-order valence-corrected chi connectivity index (χ0v) is 19.8. The highest BCUT2D eigenvalue weighted by atomic mass is 79.9. The molecule has 1 rings (SSSR count). The highest BCUT2D eigenvalue weighted by Crippen LogP contribution is 2.19. The minimum Gasteiger partial charge on any atom is -0.444 e. The smallest absolute Gasteiger partial charge is 0.407 e.